The van der Waals surface area contributed by atoms with Gasteiger partial charge in [-0.1, -0.05) is 39.1 Å². The van der Waals surface area contributed by atoms with E-state index in [1.807, 2.05) is 18.2 Å². The van der Waals surface area contributed by atoms with Crippen molar-refractivity contribution in [3.63, 3.8) is 0 Å². The van der Waals surface area contributed by atoms with E-state index in [0.29, 0.717) is 28.1 Å². The van der Waals surface area contributed by atoms with E-state index in [0.717, 1.165) is 10.0 Å². The molecular formula is C13H10BrCl2NO. The Balaban J connectivity index is 2.27. The number of halogens is 3. The van der Waals surface area contributed by atoms with Crippen molar-refractivity contribution in [3.05, 3.63) is 56.5 Å². The van der Waals surface area contributed by atoms with Crippen LogP contribution in [0.3, 0.4) is 0 Å². The molecule has 2 rings (SSSR count). The Morgan fingerprint density at radius 1 is 1.00 bits per heavy atom. The van der Waals surface area contributed by atoms with Crippen LogP contribution in [0.1, 0.15) is 5.56 Å². The lowest BCUT2D eigenvalue weighted by molar-refractivity contribution is 0.481. The van der Waals surface area contributed by atoms with Crippen LogP contribution < -0.4 is 10.5 Å². The molecule has 0 atom stereocenters. The molecule has 0 saturated heterocycles. The molecule has 2 nitrogen and oxygen atoms in total. The molecule has 2 aromatic carbocycles. The van der Waals surface area contributed by atoms with E-state index in [-0.39, 0.29) is 0 Å². The van der Waals surface area contributed by atoms with Crippen molar-refractivity contribution < 1.29 is 4.74 Å². The molecule has 0 fully saturated rings. The molecule has 0 saturated carbocycles. The zero-order chi connectivity index (χ0) is 13.1. The molecule has 0 amide bonds. The zero-order valence-electron chi connectivity index (χ0n) is 9.29. The Morgan fingerprint density at radius 2 is 1.78 bits per heavy atom. The van der Waals surface area contributed by atoms with Crippen molar-refractivity contribution in [2.75, 3.05) is 0 Å². The van der Waals surface area contributed by atoms with Crippen molar-refractivity contribution in [1.29, 1.82) is 0 Å². The topological polar surface area (TPSA) is 35.2 Å². The zero-order valence-corrected chi connectivity index (χ0v) is 12.4. The molecule has 2 aromatic rings. The molecule has 2 N–H and O–H groups in total. The first-order chi connectivity index (χ1) is 8.58. The molecule has 0 spiro atoms. The second-order valence-corrected chi connectivity index (χ2v) is 5.41. The van der Waals surface area contributed by atoms with E-state index in [4.69, 9.17) is 33.7 Å². The fourth-order valence-corrected chi connectivity index (χ4v) is 2.28. The predicted octanol–water partition coefficient (Wildman–Crippen LogP) is 5.01. The van der Waals surface area contributed by atoms with Gasteiger partial charge in [0.2, 0.25) is 0 Å². The second-order valence-electron chi connectivity index (χ2n) is 3.68. The molecule has 0 aliphatic rings. The van der Waals surface area contributed by atoms with Crippen LogP contribution in [0.4, 0.5) is 0 Å². The highest BCUT2D eigenvalue weighted by Crippen LogP contribution is 2.31. The predicted molar refractivity (Wildman–Crippen MR) is 78.6 cm³/mol. The minimum atomic E-state index is 0.456. The summed E-state index contributed by atoms with van der Waals surface area (Å²) in [7, 11) is 0. The average molecular weight is 347 g/mol. The van der Waals surface area contributed by atoms with Crippen LogP contribution in [0.15, 0.2) is 40.9 Å². The van der Waals surface area contributed by atoms with E-state index >= 15 is 0 Å². The number of hydrogen-bond donors (Lipinski definition) is 1. The summed E-state index contributed by atoms with van der Waals surface area (Å²) in [4.78, 5) is 0. The molecule has 0 aliphatic carbocycles. The first-order valence-electron chi connectivity index (χ1n) is 5.21. The third-order valence-corrected chi connectivity index (χ3v) is 3.49. The number of rotatable bonds is 3. The molecule has 0 aliphatic heterocycles. The van der Waals surface area contributed by atoms with Gasteiger partial charge >= 0.3 is 0 Å². The Bertz CT molecular complexity index is 575. The number of nitrogens with two attached hydrogens (primary N) is 1. The van der Waals surface area contributed by atoms with Gasteiger partial charge in [0, 0.05) is 17.1 Å². The van der Waals surface area contributed by atoms with Gasteiger partial charge in [0.25, 0.3) is 0 Å². The summed E-state index contributed by atoms with van der Waals surface area (Å²) in [5.41, 5.74) is 6.60. The quantitative estimate of drug-likeness (QED) is 0.848. The first-order valence-corrected chi connectivity index (χ1v) is 6.76. The van der Waals surface area contributed by atoms with Crippen molar-refractivity contribution >= 4 is 39.1 Å². The summed E-state index contributed by atoms with van der Waals surface area (Å²) < 4.78 is 6.63. The average Bonchev–Trinajstić information content (AvgIpc) is 2.33. The summed E-state index contributed by atoms with van der Waals surface area (Å²) in [5, 5.41) is 0.962. The minimum Gasteiger partial charge on any atom is -0.457 e. The molecule has 0 radical (unpaired) electrons. The van der Waals surface area contributed by atoms with Gasteiger partial charge in [-0.3, -0.25) is 0 Å². The first kappa shape index (κ1) is 13.7. The highest BCUT2D eigenvalue weighted by molar-refractivity contribution is 9.10. The van der Waals surface area contributed by atoms with Crippen LogP contribution >= 0.6 is 39.1 Å². The minimum absolute atomic E-state index is 0.456. The van der Waals surface area contributed by atoms with Gasteiger partial charge in [-0.25, -0.2) is 0 Å². The van der Waals surface area contributed by atoms with Crippen molar-refractivity contribution in [1.82, 2.24) is 0 Å². The summed E-state index contributed by atoms with van der Waals surface area (Å²) >= 11 is 15.2. The number of hydrogen-bond acceptors (Lipinski definition) is 2. The van der Waals surface area contributed by atoms with Gasteiger partial charge in [0.05, 0.1) is 10.0 Å². The second kappa shape index (κ2) is 5.93. The van der Waals surface area contributed by atoms with Crippen LogP contribution in [-0.4, -0.2) is 0 Å². The molecule has 0 heterocycles. The smallest absolute Gasteiger partial charge is 0.129 e. The summed E-state index contributed by atoms with van der Waals surface area (Å²) in [6, 6.07) is 10.8. The van der Waals surface area contributed by atoms with Crippen LogP contribution in [0.2, 0.25) is 10.0 Å². The van der Waals surface area contributed by atoms with Crippen molar-refractivity contribution in [3.8, 4) is 11.5 Å². The summed E-state index contributed by atoms with van der Waals surface area (Å²) in [6.07, 6.45) is 0. The fraction of sp³-hybridized carbons (Fsp3) is 0.0769. The standard InChI is InChI=1S/C13H10BrCl2NO/c14-9-3-8(7-17)4-11(5-9)18-10-1-2-12(15)13(16)6-10/h1-6H,7,17H2. The molecule has 0 bridgehead atoms. The monoisotopic (exact) mass is 345 g/mol. The summed E-state index contributed by atoms with van der Waals surface area (Å²) in [5.74, 6) is 1.33. The number of ether oxygens (including phenoxy) is 1. The van der Waals surface area contributed by atoms with Crippen LogP contribution in [0, 0.1) is 0 Å². The largest absolute Gasteiger partial charge is 0.457 e. The van der Waals surface area contributed by atoms with Crippen molar-refractivity contribution in [2.24, 2.45) is 5.73 Å². The molecular weight excluding hydrogens is 337 g/mol. The van der Waals surface area contributed by atoms with Gasteiger partial charge in [-0.2, -0.15) is 0 Å². The van der Waals surface area contributed by atoms with Gasteiger partial charge in [0.1, 0.15) is 11.5 Å². The van der Waals surface area contributed by atoms with Gasteiger partial charge in [0.15, 0.2) is 0 Å². The van der Waals surface area contributed by atoms with Crippen LogP contribution in [-0.2, 0) is 6.54 Å². The Hall–Kier alpha value is -0.740. The molecule has 18 heavy (non-hydrogen) atoms. The van der Waals surface area contributed by atoms with E-state index in [1.165, 1.54) is 0 Å². The third kappa shape index (κ3) is 3.39. The molecule has 0 unspecified atom stereocenters. The normalized spacial score (nSPS) is 10.4. The Kier molecular flexibility index (Phi) is 4.51. The highest BCUT2D eigenvalue weighted by atomic mass is 79.9. The van der Waals surface area contributed by atoms with Gasteiger partial charge < -0.3 is 10.5 Å². The lowest BCUT2D eigenvalue weighted by atomic mass is 10.2. The number of benzene rings is 2. The van der Waals surface area contributed by atoms with Crippen molar-refractivity contribution in [2.45, 2.75) is 6.54 Å². The lowest BCUT2D eigenvalue weighted by Crippen LogP contribution is -1.96. The van der Waals surface area contributed by atoms with E-state index in [1.54, 1.807) is 18.2 Å². The van der Waals surface area contributed by atoms with Gasteiger partial charge in [-0.05, 0) is 35.9 Å². The Labute approximate surface area is 124 Å². The maximum absolute atomic E-state index is 5.93. The van der Waals surface area contributed by atoms with Crippen LogP contribution in [0.5, 0.6) is 11.5 Å². The van der Waals surface area contributed by atoms with E-state index in [2.05, 4.69) is 15.9 Å². The van der Waals surface area contributed by atoms with Gasteiger partial charge in [-0.15, -0.1) is 0 Å². The lowest BCUT2D eigenvalue weighted by Gasteiger charge is -2.09. The maximum Gasteiger partial charge on any atom is 0.129 e. The highest BCUT2D eigenvalue weighted by Gasteiger charge is 2.04. The summed E-state index contributed by atoms with van der Waals surface area (Å²) in [6.45, 7) is 0.456. The molecule has 5 heteroatoms. The van der Waals surface area contributed by atoms with Crippen LogP contribution in [0.25, 0.3) is 0 Å². The maximum atomic E-state index is 5.93. The van der Waals surface area contributed by atoms with E-state index < -0.39 is 0 Å². The van der Waals surface area contributed by atoms with E-state index in [9.17, 15) is 0 Å². The molecule has 94 valence electrons. The Morgan fingerprint density at radius 3 is 2.44 bits per heavy atom. The SMILES string of the molecule is NCc1cc(Br)cc(Oc2ccc(Cl)c(Cl)c2)c1. The molecule has 0 aromatic heterocycles. The fourth-order valence-electron chi connectivity index (χ4n) is 1.47. The third-order valence-electron chi connectivity index (χ3n) is 2.29.